The van der Waals surface area contributed by atoms with Crippen LogP contribution in [-0.4, -0.2) is 15.6 Å². The van der Waals surface area contributed by atoms with Crippen LogP contribution in [0.3, 0.4) is 0 Å². The first-order valence-electron chi connectivity index (χ1n) is 8.00. The number of benzene rings is 1. The highest BCUT2D eigenvalue weighted by Gasteiger charge is 2.15. The molecule has 1 atom stereocenters. The van der Waals surface area contributed by atoms with Crippen LogP contribution in [0.4, 0.5) is 0 Å². The average molecular weight is 323 g/mol. The molecule has 0 aliphatic heterocycles. The molecule has 24 heavy (non-hydrogen) atoms. The number of rotatable bonds is 5. The molecule has 0 N–H and O–H groups in total. The number of nitrogens with zero attached hydrogens (tertiary/aromatic N) is 3. The molecule has 0 unspecified atom stereocenters. The topological polar surface area (TPSA) is 75.8 Å². The fourth-order valence-corrected chi connectivity index (χ4v) is 2.47. The lowest BCUT2D eigenvalue weighted by Crippen LogP contribution is -2.30. The summed E-state index contributed by atoms with van der Waals surface area (Å²) in [6.07, 6.45) is 1.03. The van der Waals surface area contributed by atoms with Gasteiger partial charge < -0.3 is 0 Å². The van der Waals surface area contributed by atoms with Crippen molar-refractivity contribution < 1.29 is 4.79 Å². The van der Waals surface area contributed by atoms with Gasteiger partial charge in [-0.3, -0.25) is 9.59 Å². The fourth-order valence-electron chi connectivity index (χ4n) is 2.47. The number of aromatic nitrogens is 2. The average Bonchev–Trinajstić information content (AvgIpc) is 2.59. The summed E-state index contributed by atoms with van der Waals surface area (Å²) >= 11 is 0. The maximum absolute atomic E-state index is 12.4. The fraction of sp³-hybridized carbons (Fsp3) is 0.368. The molecule has 0 amide bonds. The first-order chi connectivity index (χ1) is 11.4. The molecule has 0 radical (unpaired) electrons. The molecule has 2 rings (SSSR count). The maximum atomic E-state index is 12.4. The minimum atomic E-state index is -0.523. The number of hydrogen-bond donors (Lipinski definition) is 0. The molecular weight excluding hydrogens is 302 g/mol. The van der Waals surface area contributed by atoms with Crippen molar-refractivity contribution in [2.45, 2.75) is 46.6 Å². The van der Waals surface area contributed by atoms with Gasteiger partial charge in [-0.05, 0) is 37.3 Å². The number of nitriles is 1. The van der Waals surface area contributed by atoms with Gasteiger partial charge >= 0.3 is 0 Å². The van der Waals surface area contributed by atoms with Crippen LogP contribution in [0.1, 0.15) is 58.9 Å². The van der Waals surface area contributed by atoms with Crippen LogP contribution >= 0.6 is 0 Å². The summed E-state index contributed by atoms with van der Waals surface area (Å²) in [4.78, 5) is 24.7. The Labute approximate surface area is 141 Å². The largest absolute Gasteiger partial charge is 0.292 e. The molecule has 0 aliphatic rings. The summed E-state index contributed by atoms with van der Waals surface area (Å²) in [6.45, 7) is 7.49. The lowest BCUT2D eigenvalue weighted by atomic mass is 9.97. The Kier molecular flexibility index (Phi) is 5.30. The maximum Gasteiger partial charge on any atom is 0.285 e. The van der Waals surface area contributed by atoms with Gasteiger partial charge in [0, 0.05) is 5.56 Å². The zero-order chi connectivity index (χ0) is 17.9. The van der Waals surface area contributed by atoms with Gasteiger partial charge in [-0.25, -0.2) is 4.68 Å². The van der Waals surface area contributed by atoms with Crippen molar-refractivity contribution in [3.8, 4) is 6.07 Å². The molecule has 2 aromatic rings. The second-order valence-electron chi connectivity index (χ2n) is 6.01. The van der Waals surface area contributed by atoms with Gasteiger partial charge in [0.15, 0.2) is 5.78 Å². The van der Waals surface area contributed by atoms with Crippen molar-refractivity contribution in [2.75, 3.05) is 0 Å². The molecule has 1 aromatic heterocycles. The first kappa shape index (κ1) is 17.6. The third-order valence-electron chi connectivity index (χ3n) is 4.46. The van der Waals surface area contributed by atoms with E-state index in [1.807, 2.05) is 18.2 Å². The quantitative estimate of drug-likeness (QED) is 0.792. The van der Waals surface area contributed by atoms with E-state index in [0.717, 1.165) is 11.1 Å². The molecule has 0 saturated carbocycles. The lowest BCUT2D eigenvalue weighted by Gasteiger charge is -2.10. The molecule has 0 fully saturated rings. The van der Waals surface area contributed by atoms with E-state index in [1.165, 1.54) is 5.56 Å². The van der Waals surface area contributed by atoms with Crippen LogP contribution in [0.2, 0.25) is 0 Å². The summed E-state index contributed by atoms with van der Waals surface area (Å²) in [7, 11) is 0. The summed E-state index contributed by atoms with van der Waals surface area (Å²) in [5.41, 5.74) is 2.37. The van der Waals surface area contributed by atoms with Gasteiger partial charge in [0.1, 0.15) is 18.2 Å². The van der Waals surface area contributed by atoms with Gasteiger partial charge in [-0.2, -0.15) is 10.4 Å². The monoisotopic (exact) mass is 323 g/mol. The van der Waals surface area contributed by atoms with E-state index in [4.69, 9.17) is 5.26 Å². The number of aryl methyl sites for hydroxylation is 1. The highest BCUT2D eigenvalue weighted by Crippen LogP contribution is 2.19. The summed E-state index contributed by atoms with van der Waals surface area (Å²) < 4.78 is 1.08. The van der Waals surface area contributed by atoms with Crippen molar-refractivity contribution in [1.29, 1.82) is 5.26 Å². The molecule has 0 spiro atoms. The Morgan fingerprint density at radius 3 is 2.46 bits per heavy atom. The van der Waals surface area contributed by atoms with E-state index in [9.17, 15) is 9.59 Å². The number of Topliss-reactive ketones (excluding diaryl/α,β-unsaturated/α-hetero) is 1. The predicted molar refractivity (Wildman–Crippen MR) is 92.2 cm³/mol. The summed E-state index contributed by atoms with van der Waals surface area (Å²) in [5.74, 6) is 0.240. The van der Waals surface area contributed by atoms with Crippen molar-refractivity contribution >= 4 is 5.78 Å². The molecule has 0 saturated heterocycles. The Bertz CT molecular complexity index is 858. The molecule has 1 heterocycles. The zero-order valence-corrected chi connectivity index (χ0v) is 14.5. The molecule has 124 valence electrons. The van der Waals surface area contributed by atoms with Gasteiger partial charge in [0.2, 0.25) is 0 Å². The minimum absolute atomic E-state index is 0.0439. The Morgan fingerprint density at radius 2 is 1.92 bits per heavy atom. The van der Waals surface area contributed by atoms with E-state index in [2.05, 4.69) is 18.9 Å². The van der Waals surface area contributed by atoms with Crippen LogP contribution in [0, 0.1) is 25.2 Å². The zero-order valence-electron chi connectivity index (χ0n) is 14.5. The summed E-state index contributed by atoms with van der Waals surface area (Å²) in [5, 5.41) is 13.3. The lowest BCUT2D eigenvalue weighted by molar-refractivity contribution is 0.0965. The van der Waals surface area contributed by atoms with Crippen LogP contribution in [0.5, 0.6) is 0 Å². The second-order valence-corrected chi connectivity index (χ2v) is 6.01. The van der Waals surface area contributed by atoms with Crippen LogP contribution in [0.15, 0.2) is 29.1 Å². The van der Waals surface area contributed by atoms with E-state index < -0.39 is 5.56 Å². The Balaban J connectivity index is 2.29. The number of hydrogen-bond acceptors (Lipinski definition) is 4. The predicted octanol–water partition coefficient (Wildman–Crippen LogP) is 3.13. The molecule has 0 bridgehead atoms. The number of carbonyl (C=O) groups excluding carboxylic acids is 1. The van der Waals surface area contributed by atoms with Gasteiger partial charge in [0.25, 0.3) is 5.56 Å². The van der Waals surface area contributed by atoms with Crippen molar-refractivity contribution in [3.05, 3.63) is 62.6 Å². The molecule has 0 aliphatic carbocycles. The van der Waals surface area contributed by atoms with Crippen molar-refractivity contribution in [3.63, 3.8) is 0 Å². The van der Waals surface area contributed by atoms with E-state index >= 15 is 0 Å². The molecular formula is C19H21N3O2. The number of ketones is 1. The highest BCUT2D eigenvalue weighted by atomic mass is 16.1. The van der Waals surface area contributed by atoms with Crippen LogP contribution in [0.25, 0.3) is 0 Å². The first-order valence-corrected chi connectivity index (χ1v) is 8.00. The second kappa shape index (κ2) is 7.22. The minimum Gasteiger partial charge on any atom is -0.292 e. The Morgan fingerprint density at radius 1 is 1.29 bits per heavy atom. The van der Waals surface area contributed by atoms with Crippen molar-refractivity contribution in [2.24, 2.45) is 0 Å². The molecule has 5 nitrogen and oxygen atoms in total. The van der Waals surface area contributed by atoms with Crippen LogP contribution < -0.4 is 5.56 Å². The molecule has 1 aromatic carbocycles. The normalized spacial score (nSPS) is 11.8. The van der Waals surface area contributed by atoms with Gasteiger partial charge in [0.05, 0.1) is 5.69 Å². The van der Waals surface area contributed by atoms with E-state index in [0.29, 0.717) is 22.7 Å². The molecule has 5 heteroatoms. The SMILES string of the molecule is CC[C@H](C)c1ccc(C(=O)Cn2nc(C)c(C)c(C#N)c2=O)cc1. The van der Waals surface area contributed by atoms with E-state index in [-0.39, 0.29) is 17.9 Å². The van der Waals surface area contributed by atoms with Gasteiger partial charge in [-0.15, -0.1) is 0 Å². The van der Waals surface area contributed by atoms with Gasteiger partial charge in [-0.1, -0.05) is 38.1 Å². The third-order valence-corrected chi connectivity index (χ3v) is 4.46. The third kappa shape index (κ3) is 3.43. The highest BCUT2D eigenvalue weighted by molar-refractivity contribution is 5.95. The Hall–Kier alpha value is -2.74. The number of carbonyl (C=O) groups is 1. The van der Waals surface area contributed by atoms with E-state index in [1.54, 1.807) is 26.0 Å². The summed E-state index contributed by atoms with van der Waals surface area (Å²) in [6, 6.07) is 9.34. The standard InChI is InChI=1S/C19H21N3O2/c1-5-12(2)15-6-8-16(9-7-15)18(23)11-22-19(24)17(10-20)13(3)14(4)21-22/h6-9,12H,5,11H2,1-4H3/t12-/m0/s1. The van der Waals surface area contributed by atoms with Crippen molar-refractivity contribution in [1.82, 2.24) is 9.78 Å². The van der Waals surface area contributed by atoms with Crippen LogP contribution in [-0.2, 0) is 6.54 Å². The smallest absolute Gasteiger partial charge is 0.285 e.